The smallest absolute Gasteiger partial charge is 0.315 e. The van der Waals surface area contributed by atoms with E-state index in [1.165, 1.54) is 0 Å². The maximum Gasteiger partial charge on any atom is 0.315 e. The number of nitrogens with zero attached hydrogens (tertiary/aromatic N) is 2. The number of esters is 1. The lowest BCUT2D eigenvalue weighted by atomic mass is 10.1. The Morgan fingerprint density at radius 3 is 2.40 bits per heavy atom. The summed E-state index contributed by atoms with van der Waals surface area (Å²) in [5.41, 5.74) is 2.87. The van der Waals surface area contributed by atoms with Crippen LogP contribution in [0.1, 0.15) is 44.1 Å². The number of aromatic nitrogens is 2. The fourth-order valence-corrected chi connectivity index (χ4v) is 2.65. The highest BCUT2D eigenvalue weighted by Crippen LogP contribution is 2.20. The van der Waals surface area contributed by atoms with Gasteiger partial charge in [-0.15, -0.1) is 0 Å². The number of benzene rings is 1. The predicted octanol–water partition coefficient (Wildman–Crippen LogP) is 4.09. The standard InChI is InChI=1S/C20H28N2O3/c1-6-11-24-17-7-9-18(10-8-17)25-20(23)12-19-15(4)21-22(16(19)5)13-14(2)3/h7-10,14H,6,11-13H2,1-5H3. The number of rotatable bonds is 8. The van der Waals surface area contributed by atoms with Gasteiger partial charge in [0.05, 0.1) is 18.7 Å². The summed E-state index contributed by atoms with van der Waals surface area (Å²) in [7, 11) is 0. The lowest BCUT2D eigenvalue weighted by molar-refractivity contribution is -0.133. The average Bonchev–Trinajstić information content (AvgIpc) is 2.81. The van der Waals surface area contributed by atoms with Gasteiger partial charge in [0, 0.05) is 17.8 Å². The lowest BCUT2D eigenvalue weighted by Gasteiger charge is -2.09. The second-order valence-electron chi connectivity index (χ2n) is 6.70. The number of ether oxygens (including phenoxy) is 2. The Labute approximate surface area is 149 Å². The Bertz CT molecular complexity index is 702. The second-order valence-corrected chi connectivity index (χ2v) is 6.70. The van der Waals surface area contributed by atoms with Crippen LogP contribution in [0.5, 0.6) is 11.5 Å². The molecule has 136 valence electrons. The second kappa shape index (κ2) is 8.70. The molecule has 0 radical (unpaired) electrons. The number of carbonyl (C=O) groups excluding carboxylic acids is 1. The molecule has 0 amide bonds. The zero-order chi connectivity index (χ0) is 18.4. The van der Waals surface area contributed by atoms with Crippen LogP contribution >= 0.6 is 0 Å². The molecule has 0 aliphatic carbocycles. The Morgan fingerprint density at radius 2 is 1.80 bits per heavy atom. The molecule has 5 heteroatoms. The van der Waals surface area contributed by atoms with Gasteiger partial charge in [0.1, 0.15) is 11.5 Å². The maximum absolute atomic E-state index is 12.3. The van der Waals surface area contributed by atoms with Crippen molar-refractivity contribution < 1.29 is 14.3 Å². The molecular weight excluding hydrogens is 316 g/mol. The number of hydrogen-bond donors (Lipinski definition) is 0. The molecule has 0 fully saturated rings. The Kier molecular flexibility index (Phi) is 6.62. The minimum atomic E-state index is -0.280. The summed E-state index contributed by atoms with van der Waals surface area (Å²) in [5, 5.41) is 4.54. The van der Waals surface area contributed by atoms with Gasteiger partial charge in [0.15, 0.2) is 0 Å². The molecule has 25 heavy (non-hydrogen) atoms. The van der Waals surface area contributed by atoms with Gasteiger partial charge < -0.3 is 9.47 Å². The molecular formula is C20H28N2O3. The third kappa shape index (κ3) is 5.34. The Hall–Kier alpha value is -2.30. The number of aryl methyl sites for hydroxylation is 1. The zero-order valence-electron chi connectivity index (χ0n) is 15.8. The molecule has 2 aromatic rings. The average molecular weight is 344 g/mol. The van der Waals surface area contributed by atoms with Crippen molar-refractivity contribution in [1.82, 2.24) is 9.78 Å². The van der Waals surface area contributed by atoms with E-state index in [4.69, 9.17) is 9.47 Å². The third-order valence-electron chi connectivity index (χ3n) is 3.92. The van der Waals surface area contributed by atoms with Crippen molar-refractivity contribution in [1.29, 1.82) is 0 Å². The van der Waals surface area contributed by atoms with E-state index in [1.807, 2.05) is 30.7 Å². The van der Waals surface area contributed by atoms with Crippen LogP contribution < -0.4 is 9.47 Å². The first-order valence-electron chi connectivity index (χ1n) is 8.87. The summed E-state index contributed by atoms with van der Waals surface area (Å²) in [5.74, 6) is 1.53. The van der Waals surface area contributed by atoms with Crippen molar-refractivity contribution in [3.63, 3.8) is 0 Å². The van der Waals surface area contributed by atoms with Crippen molar-refractivity contribution in [2.75, 3.05) is 6.61 Å². The van der Waals surface area contributed by atoms with Crippen LogP contribution in [-0.2, 0) is 17.8 Å². The molecule has 5 nitrogen and oxygen atoms in total. The largest absolute Gasteiger partial charge is 0.494 e. The quantitative estimate of drug-likeness (QED) is 0.534. The maximum atomic E-state index is 12.3. The molecule has 0 N–H and O–H groups in total. The highest BCUT2D eigenvalue weighted by molar-refractivity contribution is 5.75. The van der Waals surface area contributed by atoms with Crippen LogP contribution in [0.3, 0.4) is 0 Å². The summed E-state index contributed by atoms with van der Waals surface area (Å²) in [6, 6.07) is 7.14. The van der Waals surface area contributed by atoms with Crippen molar-refractivity contribution >= 4 is 5.97 Å². The van der Waals surface area contributed by atoms with Gasteiger partial charge in [0.2, 0.25) is 0 Å². The Balaban J connectivity index is 1.99. The summed E-state index contributed by atoms with van der Waals surface area (Å²) in [4.78, 5) is 12.3. The van der Waals surface area contributed by atoms with Crippen LogP contribution in [0.15, 0.2) is 24.3 Å². The normalized spacial score (nSPS) is 11.0. The van der Waals surface area contributed by atoms with E-state index < -0.39 is 0 Å². The van der Waals surface area contributed by atoms with E-state index >= 15 is 0 Å². The third-order valence-corrected chi connectivity index (χ3v) is 3.92. The highest BCUT2D eigenvalue weighted by atomic mass is 16.5. The van der Waals surface area contributed by atoms with E-state index in [0.717, 1.165) is 35.7 Å². The van der Waals surface area contributed by atoms with E-state index in [9.17, 15) is 4.79 Å². The molecule has 0 saturated carbocycles. The van der Waals surface area contributed by atoms with E-state index in [-0.39, 0.29) is 12.4 Å². The molecule has 0 bridgehead atoms. The lowest BCUT2D eigenvalue weighted by Crippen LogP contribution is -2.13. The fourth-order valence-electron chi connectivity index (χ4n) is 2.65. The zero-order valence-corrected chi connectivity index (χ0v) is 15.8. The van der Waals surface area contributed by atoms with Gasteiger partial charge >= 0.3 is 5.97 Å². The number of carbonyl (C=O) groups is 1. The van der Waals surface area contributed by atoms with E-state index in [2.05, 4.69) is 25.9 Å². The summed E-state index contributed by atoms with van der Waals surface area (Å²) in [6.45, 7) is 11.8. The van der Waals surface area contributed by atoms with Crippen molar-refractivity contribution in [3.8, 4) is 11.5 Å². The minimum absolute atomic E-state index is 0.226. The SMILES string of the molecule is CCCOc1ccc(OC(=O)Cc2c(C)nn(CC(C)C)c2C)cc1. The van der Waals surface area contributed by atoms with Crippen LogP contribution in [0.4, 0.5) is 0 Å². The van der Waals surface area contributed by atoms with Crippen LogP contribution in [0, 0.1) is 19.8 Å². The first kappa shape index (κ1) is 19.0. The van der Waals surface area contributed by atoms with Gasteiger partial charge in [-0.1, -0.05) is 20.8 Å². The first-order chi connectivity index (χ1) is 11.9. The fraction of sp³-hybridized carbons (Fsp3) is 0.500. The molecule has 1 aromatic heterocycles. The van der Waals surface area contributed by atoms with Crippen molar-refractivity contribution in [3.05, 3.63) is 41.2 Å². The summed E-state index contributed by atoms with van der Waals surface area (Å²) < 4.78 is 12.9. The first-order valence-corrected chi connectivity index (χ1v) is 8.87. The number of hydrogen-bond acceptors (Lipinski definition) is 4. The van der Waals surface area contributed by atoms with Crippen LogP contribution in [0.25, 0.3) is 0 Å². The van der Waals surface area contributed by atoms with E-state index in [1.54, 1.807) is 12.1 Å². The summed E-state index contributed by atoms with van der Waals surface area (Å²) in [6.07, 6.45) is 1.18. The van der Waals surface area contributed by atoms with Crippen molar-refractivity contribution in [2.24, 2.45) is 5.92 Å². The topological polar surface area (TPSA) is 53.4 Å². The predicted molar refractivity (Wildman–Crippen MR) is 98.1 cm³/mol. The monoisotopic (exact) mass is 344 g/mol. The van der Waals surface area contributed by atoms with Gasteiger partial charge in [-0.25, -0.2) is 0 Å². The summed E-state index contributed by atoms with van der Waals surface area (Å²) >= 11 is 0. The molecule has 1 heterocycles. The Morgan fingerprint density at radius 1 is 1.16 bits per heavy atom. The minimum Gasteiger partial charge on any atom is -0.494 e. The molecule has 2 rings (SSSR count). The van der Waals surface area contributed by atoms with Crippen LogP contribution in [-0.4, -0.2) is 22.4 Å². The van der Waals surface area contributed by atoms with E-state index in [0.29, 0.717) is 18.3 Å². The van der Waals surface area contributed by atoms with Crippen LogP contribution in [0.2, 0.25) is 0 Å². The molecule has 0 aliphatic rings. The molecule has 0 unspecified atom stereocenters. The highest BCUT2D eigenvalue weighted by Gasteiger charge is 2.16. The van der Waals surface area contributed by atoms with Crippen molar-refractivity contribution in [2.45, 2.75) is 54.0 Å². The van der Waals surface area contributed by atoms with Gasteiger partial charge in [0.25, 0.3) is 0 Å². The van der Waals surface area contributed by atoms with Gasteiger partial charge in [-0.3, -0.25) is 9.48 Å². The molecule has 0 spiro atoms. The van der Waals surface area contributed by atoms with Gasteiger partial charge in [-0.05, 0) is 50.5 Å². The van der Waals surface area contributed by atoms with Gasteiger partial charge in [-0.2, -0.15) is 5.10 Å². The molecule has 0 aliphatic heterocycles. The molecule has 0 atom stereocenters. The molecule has 1 aromatic carbocycles. The molecule has 0 saturated heterocycles.